The molecule has 4 amide bonds. The van der Waals surface area contributed by atoms with E-state index in [2.05, 4.69) is 0 Å². The lowest BCUT2D eigenvalue weighted by atomic mass is 10.2. The molecule has 152 valence electrons. The predicted octanol–water partition coefficient (Wildman–Crippen LogP) is 3.34. The molecule has 0 N–H and O–H groups in total. The number of benzene rings is 2. The lowest BCUT2D eigenvalue weighted by Crippen LogP contribution is -2.43. The molecule has 3 rings (SSSR count). The molecule has 0 aliphatic carbocycles. The van der Waals surface area contributed by atoms with E-state index >= 15 is 0 Å². The van der Waals surface area contributed by atoms with Crippen molar-refractivity contribution in [1.82, 2.24) is 9.80 Å². The number of imide groups is 1. The second-order valence-electron chi connectivity index (χ2n) is 7.13. The fraction of sp³-hybridized carbons (Fsp3) is 0.318. The fourth-order valence-corrected chi connectivity index (χ4v) is 3.38. The van der Waals surface area contributed by atoms with Gasteiger partial charge in [0.2, 0.25) is 5.91 Å². The highest BCUT2D eigenvalue weighted by Gasteiger charge is 2.44. The summed E-state index contributed by atoms with van der Waals surface area (Å²) in [6.07, 6.45) is 0. The Morgan fingerprint density at radius 2 is 1.83 bits per heavy atom. The molecule has 0 spiro atoms. The summed E-state index contributed by atoms with van der Waals surface area (Å²) in [5.74, 6) is -1.15. The smallest absolute Gasteiger partial charge is 0.332 e. The number of likely N-dealkylation sites (N-methyl/N-ethyl adjacent to an activating group) is 1. The Morgan fingerprint density at radius 1 is 1.14 bits per heavy atom. The molecule has 0 unspecified atom stereocenters. The normalized spacial score (nSPS) is 16.5. The zero-order valence-electron chi connectivity index (χ0n) is 16.8. The minimum Gasteiger partial charge on any atom is -0.337 e. The number of hydrogen-bond donors (Lipinski definition) is 0. The summed E-state index contributed by atoms with van der Waals surface area (Å²) in [6, 6.07) is 12.1. The van der Waals surface area contributed by atoms with Crippen molar-refractivity contribution in [3.05, 3.63) is 65.5 Å². The van der Waals surface area contributed by atoms with Gasteiger partial charge in [0.25, 0.3) is 5.91 Å². The monoisotopic (exact) mass is 397 g/mol. The van der Waals surface area contributed by atoms with Crippen LogP contribution >= 0.6 is 0 Å². The highest BCUT2D eigenvalue weighted by Crippen LogP contribution is 2.26. The molecule has 2 aromatic rings. The van der Waals surface area contributed by atoms with Crippen molar-refractivity contribution in [3.63, 3.8) is 0 Å². The van der Waals surface area contributed by atoms with E-state index in [0.29, 0.717) is 17.8 Å². The number of amides is 4. The number of anilines is 1. The quantitative estimate of drug-likeness (QED) is 0.703. The maximum absolute atomic E-state index is 13.4. The van der Waals surface area contributed by atoms with Crippen molar-refractivity contribution in [1.29, 1.82) is 0 Å². The van der Waals surface area contributed by atoms with Crippen LogP contribution in [0.1, 0.15) is 25.0 Å². The molecule has 29 heavy (non-hydrogen) atoms. The topological polar surface area (TPSA) is 60.9 Å². The Labute approximate surface area is 169 Å². The largest absolute Gasteiger partial charge is 0.337 e. The van der Waals surface area contributed by atoms with Gasteiger partial charge in [-0.25, -0.2) is 9.18 Å². The van der Waals surface area contributed by atoms with Gasteiger partial charge in [0, 0.05) is 18.8 Å². The van der Waals surface area contributed by atoms with Gasteiger partial charge in [-0.05, 0) is 50.6 Å². The van der Waals surface area contributed by atoms with Crippen molar-refractivity contribution in [2.75, 3.05) is 18.0 Å². The van der Waals surface area contributed by atoms with E-state index in [4.69, 9.17) is 0 Å². The first-order valence-electron chi connectivity index (χ1n) is 9.55. The van der Waals surface area contributed by atoms with Gasteiger partial charge in [0.05, 0.1) is 0 Å². The van der Waals surface area contributed by atoms with E-state index in [1.54, 1.807) is 38.1 Å². The minimum atomic E-state index is -0.684. The second kappa shape index (κ2) is 8.43. The van der Waals surface area contributed by atoms with Crippen molar-refractivity contribution < 1.29 is 18.8 Å². The van der Waals surface area contributed by atoms with Crippen LogP contribution in [0.5, 0.6) is 0 Å². The van der Waals surface area contributed by atoms with E-state index in [1.165, 1.54) is 21.9 Å². The number of aryl methyl sites for hydroxylation is 1. The van der Waals surface area contributed by atoms with E-state index in [9.17, 15) is 18.8 Å². The first-order valence-corrected chi connectivity index (χ1v) is 9.55. The molecule has 1 fully saturated rings. The van der Waals surface area contributed by atoms with Crippen molar-refractivity contribution in [2.24, 2.45) is 0 Å². The van der Waals surface area contributed by atoms with Crippen LogP contribution in [0, 0.1) is 12.7 Å². The molecule has 1 heterocycles. The van der Waals surface area contributed by atoms with Crippen molar-refractivity contribution >= 4 is 23.5 Å². The number of carbonyl (C=O) groups is 3. The summed E-state index contributed by atoms with van der Waals surface area (Å²) in [5, 5.41) is 0. The Balaban J connectivity index is 1.74. The predicted molar refractivity (Wildman–Crippen MR) is 108 cm³/mol. The van der Waals surface area contributed by atoms with Crippen LogP contribution in [-0.2, 0) is 16.1 Å². The summed E-state index contributed by atoms with van der Waals surface area (Å²) in [6.45, 7) is 5.63. The lowest BCUT2D eigenvalue weighted by Gasteiger charge is -2.24. The Morgan fingerprint density at radius 3 is 2.45 bits per heavy atom. The van der Waals surface area contributed by atoms with Gasteiger partial charge < -0.3 is 4.90 Å². The Kier molecular flexibility index (Phi) is 5.96. The maximum Gasteiger partial charge on any atom is 0.332 e. The third-order valence-electron chi connectivity index (χ3n) is 5.05. The number of hydrogen-bond acceptors (Lipinski definition) is 3. The molecular weight excluding hydrogens is 373 g/mol. The Hall–Kier alpha value is -3.22. The van der Waals surface area contributed by atoms with Gasteiger partial charge >= 0.3 is 6.03 Å². The van der Waals surface area contributed by atoms with Gasteiger partial charge in [-0.3, -0.25) is 19.4 Å². The molecule has 0 aromatic heterocycles. The van der Waals surface area contributed by atoms with Crippen LogP contribution in [-0.4, -0.2) is 46.8 Å². The molecule has 2 aromatic carbocycles. The molecule has 1 saturated heterocycles. The molecule has 1 atom stereocenters. The number of halogens is 1. The number of rotatable bonds is 6. The van der Waals surface area contributed by atoms with Crippen LogP contribution in [0.25, 0.3) is 0 Å². The molecule has 6 nitrogen and oxygen atoms in total. The first kappa shape index (κ1) is 20.5. The van der Waals surface area contributed by atoms with Crippen LogP contribution in [0.2, 0.25) is 0 Å². The van der Waals surface area contributed by atoms with Crippen LogP contribution in [0.15, 0.2) is 48.5 Å². The van der Waals surface area contributed by atoms with E-state index in [-0.39, 0.29) is 24.8 Å². The maximum atomic E-state index is 13.4. The third-order valence-corrected chi connectivity index (χ3v) is 5.05. The van der Waals surface area contributed by atoms with Crippen molar-refractivity contribution in [2.45, 2.75) is 33.4 Å². The second-order valence-corrected chi connectivity index (χ2v) is 7.13. The number of nitrogens with zero attached hydrogens (tertiary/aromatic N) is 3. The summed E-state index contributed by atoms with van der Waals surface area (Å²) >= 11 is 0. The van der Waals surface area contributed by atoms with E-state index < -0.39 is 18.0 Å². The van der Waals surface area contributed by atoms with Gasteiger partial charge in [-0.2, -0.15) is 0 Å². The highest BCUT2D eigenvalue weighted by molar-refractivity contribution is 6.15. The van der Waals surface area contributed by atoms with Gasteiger partial charge in [0.15, 0.2) is 0 Å². The van der Waals surface area contributed by atoms with Crippen LogP contribution < -0.4 is 4.90 Å². The summed E-state index contributed by atoms with van der Waals surface area (Å²) < 4.78 is 13.4. The number of carbonyl (C=O) groups excluding carboxylic acids is 3. The molecule has 0 saturated carbocycles. The summed E-state index contributed by atoms with van der Waals surface area (Å²) in [7, 11) is 0. The summed E-state index contributed by atoms with van der Waals surface area (Å²) in [5.41, 5.74) is 2.31. The van der Waals surface area contributed by atoms with Gasteiger partial charge in [-0.15, -0.1) is 0 Å². The first-order chi connectivity index (χ1) is 13.8. The van der Waals surface area contributed by atoms with Crippen LogP contribution in [0.4, 0.5) is 14.9 Å². The molecule has 0 bridgehead atoms. The highest BCUT2D eigenvalue weighted by atomic mass is 19.1. The fourth-order valence-electron chi connectivity index (χ4n) is 3.38. The van der Waals surface area contributed by atoms with Gasteiger partial charge in [-0.1, -0.05) is 29.8 Å². The lowest BCUT2D eigenvalue weighted by molar-refractivity contribution is -0.137. The zero-order valence-corrected chi connectivity index (χ0v) is 16.8. The van der Waals surface area contributed by atoms with Crippen LogP contribution in [0.3, 0.4) is 0 Å². The molecule has 1 aliphatic rings. The van der Waals surface area contributed by atoms with Crippen molar-refractivity contribution in [3.8, 4) is 0 Å². The van der Waals surface area contributed by atoms with E-state index in [1.807, 2.05) is 19.1 Å². The minimum absolute atomic E-state index is 0.209. The molecule has 0 radical (unpaired) electrons. The molecule has 1 aliphatic heterocycles. The summed E-state index contributed by atoms with van der Waals surface area (Å²) in [4.78, 5) is 42.2. The standard InChI is InChI=1S/C22H24FN3O3/c1-4-24(13-17-6-5-7-18(23)12-17)20(27)14-25-21(28)16(3)26(22(25)29)19-10-8-15(2)9-11-19/h5-12,16H,4,13-14H2,1-3H3/t16-/m0/s1. The molecular formula is C22H24FN3O3. The average Bonchev–Trinajstić information content (AvgIpc) is 2.90. The third kappa shape index (κ3) is 4.29. The molecule has 7 heteroatoms. The Bertz CT molecular complexity index is 929. The van der Waals surface area contributed by atoms with Gasteiger partial charge in [0.1, 0.15) is 18.4 Å². The SMILES string of the molecule is CCN(Cc1cccc(F)c1)C(=O)CN1C(=O)[C@H](C)N(c2ccc(C)cc2)C1=O. The number of urea groups is 1. The zero-order chi connectivity index (χ0) is 21.1. The average molecular weight is 397 g/mol. The van der Waals surface area contributed by atoms with E-state index in [0.717, 1.165) is 10.5 Å².